The van der Waals surface area contributed by atoms with Crippen LogP contribution in [0.4, 0.5) is 5.82 Å². The van der Waals surface area contributed by atoms with Gasteiger partial charge >= 0.3 is 0 Å². The number of hydrogen-bond acceptors (Lipinski definition) is 4. The lowest BCUT2D eigenvalue weighted by Crippen LogP contribution is -2.33. The van der Waals surface area contributed by atoms with Crippen LogP contribution in [0.3, 0.4) is 0 Å². The summed E-state index contributed by atoms with van der Waals surface area (Å²) in [6, 6.07) is 3.61. The number of nitrogens with one attached hydrogen (secondary N) is 2. The molecule has 0 saturated carbocycles. The number of hydrogen-bond donors (Lipinski definition) is 2. The molecular weight excluding hydrogens is 216 g/mol. The van der Waals surface area contributed by atoms with E-state index in [1.165, 1.54) is 0 Å². The molecule has 0 bridgehead atoms. The Kier molecular flexibility index (Phi) is 5.39. The number of rotatable bonds is 6. The number of aromatic nitrogens is 2. The summed E-state index contributed by atoms with van der Waals surface area (Å²) in [4.78, 5) is 11.8. The van der Waals surface area contributed by atoms with Crippen LogP contribution in [0.25, 0.3) is 0 Å². The Balaban J connectivity index is 2.57. The first-order valence-electron chi connectivity index (χ1n) is 6.05. The van der Waals surface area contributed by atoms with Gasteiger partial charge in [0.2, 0.25) is 0 Å². The van der Waals surface area contributed by atoms with Crippen molar-refractivity contribution in [3.05, 3.63) is 17.8 Å². The molecular formula is C12H20N4O. The SMILES string of the molecule is CCCC(C)NC(=O)c1ccc(NCC)nn1. The highest BCUT2D eigenvalue weighted by atomic mass is 16.2. The molecule has 2 N–H and O–H groups in total. The third-order valence-electron chi connectivity index (χ3n) is 2.35. The first-order chi connectivity index (χ1) is 8.17. The van der Waals surface area contributed by atoms with Crippen molar-refractivity contribution in [2.45, 2.75) is 39.7 Å². The number of nitrogens with zero attached hydrogens (tertiary/aromatic N) is 2. The number of carbonyl (C=O) groups is 1. The molecule has 5 heteroatoms. The molecule has 1 aromatic heterocycles. The standard InChI is InChI=1S/C12H20N4O/c1-4-6-9(3)14-12(17)10-7-8-11(13-5-2)16-15-10/h7-9H,4-6H2,1-3H3,(H,13,16)(H,14,17). The first kappa shape index (κ1) is 13.4. The van der Waals surface area contributed by atoms with Crippen molar-refractivity contribution in [2.75, 3.05) is 11.9 Å². The van der Waals surface area contributed by atoms with Crippen LogP contribution >= 0.6 is 0 Å². The minimum atomic E-state index is -0.165. The topological polar surface area (TPSA) is 66.9 Å². The maximum atomic E-state index is 11.8. The summed E-state index contributed by atoms with van der Waals surface area (Å²) in [5.41, 5.74) is 0.356. The molecule has 1 rings (SSSR count). The zero-order valence-corrected chi connectivity index (χ0v) is 10.7. The van der Waals surface area contributed by atoms with Crippen LogP contribution in [-0.2, 0) is 0 Å². The van der Waals surface area contributed by atoms with E-state index in [-0.39, 0.29) is 11.9 Å². The van der Waals surface area contributed by atoms with Crippen molar-refractivity contribution < 1.29 is 4.79 Å². The minimum Gasteiger partial charge on any atom is -0.369 e. The molecule has 94 valence electrons. The lowest BCUT2D eigenvalue weighted by Gasteiger charge is -2.11. The molecule has 0 saturated heterocycles. The minimum absolute atomic E-state index is 0.165. The van der Waals surface area contributed by atoms with Gasteiger partial charge in [0.1, 0.15) is 5.82 Å². The van der Waals surface area contributed by atoms with Gasteiger partial charge in [0.15, 0.2) is 5.69 Å². The highest BCUT2D eigenvalue weighted by Gasteiger charge is 2.10. The average Bonchev–Trinajstić information content (AvgIpc) is 2.30. The number of anilines is 1. The Hall–Kier alpha value is -1.65. The molecule has 1 aromatic rings. The van der Waals surface area contributed by atoms with E-state index in [0.717, 1.165) is 19.4 Å². The zero-order valence-electron chi connectivity index (χ0n) is 10.7. The summed E-state index contributed by atoms with van der Waals surface area (Å²) in [7, 11) is 0. The van der Waals surface area contributed by atoms with Gasteiger partial charge in [-0.25, -0.2) is 0 Å². The summed E-state index contributed by atoms with van der Waals surface area (Å²) in [5, 5.41) is 13.7. The Morgan fingerprint density at radius 3 is 2.65 bits per heavy atom. The van der Waals surface area contributed by atoms with Crippen molar-refractivity contribution in [3.63, 3.8) is 0 Å². The maximum Gasteiger partial charge on any atom is 0.272 e. The third-order valence-corrected chi connectivity index (χ3v) is 2.35. The van der Waals surface area contributed by atoms with E-state index < -0.39 is 0 Å². The smallest absolute Gasteiger partial charge is 0.272 e. The van der Waals surface area contributed by atoms with Gasteiger partial charge in [-0.1, -0.05) is 13.3 Å². The fourth-order valence-corrected chi connectivity index (χ4v) is 1.53. The molecule has 0 aliphatic rings. The summed E-state index contributed by atoms with van der Waals surface area (Å²) in [6.45, 7) is 6.85. The molecule has 0 aromatic carbocycles. The molecule has 0 aliphatic carbocycles. The fraction of sp³-hybridized carbons (Fsp3) is 0.583. The Morgan fingerprint density at radius 1 is 1.35 bits per heavy atom. The Bertz CT molecular complexity index is 350. The predicted molar refractivity (Wildman–Crippen MR) is 68.0 cm³/mol. The molecule has 1 unspecified atom stereocenters. The molecule has 0 radical (unpaired) electrons. The van der Waals surface area contributed by atoms with Gasteiger partial charge in [-0.2, -0.15) is 0 Å². The number of carbonyl (C=O) groups excluding carboxylic acids is 1. The van der Waals surface area contributed by atoms with E-state index in [1.807, 2.05) is 13.8 Å². The van der Waals surface area contributed by atoms with E-state index in [2.05, 4.69) is 27.8 Å². The highest BCUT2D eigenvalue weighted by Crippen LogP contribution is 2.02. The molecule has 1 amide bonds. The van der Waals surface area contributed by atoms with E-state index in [0.29, 0.717) is 11.5 Å². The van der Waals surface area contributed by atoms with Crippen molar-refractivity contribution in [3.8, 4) is 0 Å². The van der Waals surface area contributed by atoms with Gasteiger partial charge in [0.05, 0.1) is 0 Å². The zero-order chi connectivity index (χ0) is 12.7. The van der Waals surface area contributed by atoms with Gasteiger partial charge in [-0.05, 0) is 32.4 Å². The van der Waals surface area contributed by atoms with Gasteiger partial charge in [0, 0.05) is 12.6 Å². The predicted octanol–water partition coefficient (Wildman–Crippen LogP) is 1.83. The first-order valence-corrected chi connectivity index (χ1v) is 6.05. The summed E-state index contributed by atoms with van der Waals surface area (Å²) in [6.07, 6.45) is 2.02. The largest absolute Gasteiger partial charge is 0.369 e. The van der Waals surface area contributed by atoms with Gasteiger partial charge in [-0.15, -0.1) is 10.2 Å². The second-order valence-electron chi connectivity index (χ2n) is 4.00. The molecule has 17 heavy (non-hydrogen) atoms. The van der Waals surface area contributed by atoms with Gasteiger partial charge < -0.3 is 10.6 Å². The molecule has 1 atom stereocenters. The lowest BCUT2D eigenvalue weighted by molar-refractivity contribution is 0.0932. The Morgan fingerprint density at radius 2 is 2.12 bits per heavy atom. The molecule has 0 aliphatic heterocycles. The van der Waals surface area contributed by atoms with Gasteiger partial charge in [0.25, 0.3) is 5.91 Å². The summed E-state index contributed by atoms with van der Waals surface area (Å²) < 4.78 is 0. The van der Waals surface area contributed by atoms with E-state index in [4.69, 9.17) is 0 Å². The molecule has 0 spiro atoms. The van der Waals surface area contributed by atoms with E-state index >= 15 is 0 Å². The number of amides is 1. The van der Waals surface area contributed by atoms with Crippen LogP contribution in [0.2, 0.25) is 0 Å². The van der Waals surface area contributed by atoms with E-state index in [9.17, 15) is 4.79 Å². The Labute approximate surface area is 102 Å². The normalized spacial score (nSPS) is 11.9. The second kappa shape index (κ2) is 6.83. The highest BCUT2D eigenvalue weighted by molar-refractivity contribution is 5.92. The monoisotopic (exact) mass is 236 g/mol. The molecule has 0 fully saturated rings. The summed E-state index contributed by atoms with van der Waals surface area (Å²) >= 11 is 0. The second-order valence-corrected chi connectivity index (χ2v) is 4.00. The molecule has 5 nitrogen and oxygen atoms in total. The van der Waals surface area contributed by atoms with Crippen LogP contribution in [-0.4, -0.2) is 28.7 Å². The van der Waals surface area contributed by atoms with Crippen LogP contribution in [0, 0.1) is 0 Å². The third kappa shape index (κ3) is 4.38. The fourth-order valence-electron chi connectivity index (χ4n) is 1.53. The van der Waals surface area contributed by atoms with Crippen molar-refractivity contribution in [2.24, 2.45) is 0 Å². The van der Waals surface area contributed by atoms with Crippen molar-refractivity contribution in [1.29, 1.82) is 0 Å². The molecule has 1 heterocycles. The quantitative estimate of drug-likeness (QED) is 0.790. The van der Waals surface area contributed by atoms with Crippen LogP contribution < -0.4 is 10.6 Å². The van der Waals surface area contributed by atoms with Gasteiger partial charge in [-0.3, -0.25) is 4.79 Å². The average molecular weight is 236 g/mol. The summed E-state index contributed by atoms with van der Waals surface area (Å²) in [5.74, 6) is 0.521. The van der Waals surface area contributed by atoms with Crippen LogP contribution in [0.15, 0.2) is 12.1 Å². The van der Waals surface area contributed by atoms with Crippen LogP contribution in [0.1, 0.15) is 44.1 Å². The maximum absolute atomic E-state index is 11.8. The van der Waals surface area contributed by atoms with Crippen LogP contribution in [0.5, 0.6) is 0 Å². The lowest BCUT2D eigenvalue weighted by atomic mass is 10.2. The van der Waals surface area contributed by atoms with Crippen molar-refractivity contribution >= 4 is 11.7 Å². The van der Waals surface area contributed by atoms with Crippen molar-refractivity contribution in [1.82, 2.24) is 15.5 Å². The van der Waals surface area contributed by atoms with E-state index in [1.54, 1.807) is 12.1 Å².